The highest BCUT2D eigenvalue weighted by Gasteiger charge is 2.50. The predicted molar refractivity (Wildman–Crippen MR) is 156 cm³/mol. The van der Waals surface area contributed by atoms with Crippen molar-refractivity contribution in [2.45, 2.75) is 44.9 Å². The molecule has 0 spiro atoms. The van der Waals surface area contributed by atoms with Crippen LogP contribution in [0.25, 0.3) is 5.57 Å². The minimum Gasteiger partial charge on any atom is -0.367 e. The number of amides is 2. The molecule has 2 fully saturated rings. The Hall–Kier alpha value is -3.45. The maximum atomic E-state index is 15.8. The number of hydrogen-bond donors (Lipinski definition) is 2. The number of alkyl halides is 3. The molecule has 1 aromatic carbocycles. The van der Waals surface area contributed by atoms with Crippen molar-refractivity contribution < 1.29 is 27.2 Å². The lowest BCUT2D eigenvalue weighted by atomic mass is 9.84. The number of hydrogen-bond acceptors (Lipinski definition) is 7. The molecule has 43 heavy (non-hydrogen) atoms. The van der Waals surface area contributed by atoms with Crippen LogP contribution >= 0.6 is 11.6 Å². The van der Waals surface area contributed by atoms with Crippen molar-refractivity contribution in [2.75, 3.05) is 54.9 Å². The number of nitrogens with zero attached hydrogens (tertiary/aromatic N) is 5. The fraction of sp³-hybridized carbons (Fsp3) is 0.517. The van der Waals surface area contributed by atoms with Crippen LogP contribution < -0.4 is 20.4 Å². The molecule has 232 valence electrons. The maximum absolute atomic E-state index is 15.8. The molecule has 3 aliphatic heterocycles. The van der Waals surface area contributed by atoms with E-state index in [1.54, 1.807) is 0 Å². The van der Waals surface area contributed by atoms with Gasteiger partial charge in [0.05, 0.1) is 40.6 Å². The monoisotopic (exact) mass is 623 g/mol. The standard InChI is InChI=1S/C29H34ClF4N7O2/c1-16-14-41(15-17(2)39(16)3)25-10-23(31)20(18-4-6-40(7-5-18)28-36-11-19(30)12-37-28)8-24(25)38-27(43)21-13-35-26(42)9-22(21)29(32,33)34/h4,8,10-12,16-17,21-22H,5-7,9,13-15H2,1-3H3,(H,35,42)(H,38,43)/t16-,17+,21?,22?. The topological polar surface area (TPSA) is 93.7 Å². The van der Waals surface area contributed by atoms with Gasteiger partial charge in [-0.2, -0.15) is 13.2 Å². The molecule has 4 heterocycles. The predicted octanol–water partition coefficient (Wildman–Crippen LogP) is 4.34. The smallest absolute Gasteiger partial charge is 0.367 e. The van der Waals surface area contributed by atoms with Gasteiger partial charge in [0.25, 0.3) is 0 Å². The number of aromatic nitrogens is 2. The minimum absolute atomic E-state index is 0.111. The molecule has 4 atom stereocenters. The van der Waals surface area contributed by atoms with E-state index in [-0.39, 0.29) is 23.3 Å². The van der Waals surface area contributed by atoms with Crippen LogP contribution in [0.1, 0.15) is 32.3 Å². The van der Waals surface area contributed by atoms with Gasteiger partial charge >= 0.3 is 6.18 Å². The van der Waals surface area contributed by atoms with Crippen LogP contribution in [-0.4, -0.2) is 84.7 Å². The molecule has 2 aromatic rings. The average Bonchev–Trinajstić information content (AvgIpc) is 2.96. The number of benzene rings is 1. The quantitative estimate of drug-likeness (QED) is 0.479. The average molecular weight is 624 g/mol. The summed E-state index contributed by atoms with van der Waals surface area (Å²) in [5.74, 6) is -5.27. The first kappa shape index (κ1) is 31.0. The van der Waals surface area contributed by atoms with Crippen LogP contribution in [0.3, 0.4) is 0 Å². The summed E-state index contributed by atoms with van der Waals surface area (Å²) in [6.07, 6.45) is -0.261. The number of carbonyl (C=O) groups excluding carboxylic acids is 2. The highest BCUT2D eigenvalue weighted by molar-refractivity contribution is 6.30. The number of rotatable bonds is 5. The summed E-state index contributed by atoms with van der Waals surface area (Å²) >= 11 is 5.89. The summed E-state index contributed by atoms with van der Waals surface area (Å²) in [4.78, 5) is 39.7. The van der Waals surface area contributed by atoms with Crippen molar-refractivity contribution >= 4 is 46.3 Å². The van der Waals surface area contributed by atoms with Crippen molar-refractivity contribution in [3.8, 4) is 0 Å². The van der Waals surface area contributed by atoms with E-state index in [4.69, 9.17) is 11.6 Å². The van der Waals surface area contributed by atoms with E-state index in [1.807, 2.05) is 36.8 Å². The summed E-state index contributed by atoms with van der Waals surface area (Å²) in [6.45, 7) is 5.61. The van der Waals surface area contributed by atoms with E-state index in [0.29, 0.717) is 54.8 Å². The van der Waals surface area contributed by atoms with E-state index in [2.05, 4.69) is 25.5 Å². The second-order valence-corrected chi connectivity index (χ2v) is 11.9. The summed E-state index contributed by atoms with van der Waals surface area (Å²) in [5.41, 5.74) is 1.59. The Labute approximate surface area is 252 Å². The lowest BCUT2D eigenvalue weighted by Crippen LogP contribution is -2.55. The fourth-order valence-corrected chi connectivity index (χ4v) is 6.06. The zero-order chi connectivity index (χ0) is 31.1. The van der Waals surface area contributed by atoms with E-state index in [0.717, 1.165) is 0 Å². The molecule has 5 rings (SSSR count). The number of halogens is 5. The van der Waals surface area contributed by atoms with E-state index in [1.165, 1.54) is 24.5 Å². The highest BCUT2D eigenvalue weighted by atomic mass is 35.5. The maximum Gasteiger partial charge on any atom is 0.393 e. The van der Waals surface area contributed by atoms with Crippen molar-refractivity contribution in [3.05, 3.63) is 47.0 Å². The van der Waals surface area contributed by atoms with Gasteiger partial charge in [0.1, 0.15) is 5.82 Å². The van der Waals surface area contributed by atoms with Crippen molar-refractivity contribution in [1.29, 1.82) is 0 Å². The molecular formula is C29H34ClF4N7O2. The zero-order valence-corrected chi connectivity index (χ0v) is 24.8. The van der Waals surface area contributed by atoms with Crippen molar-refractivity contribution in [2.24, 2.45) is 11.8 Å². The number of carbonyl (C=O) groups is 2. The van der Waals surface area contributed by atoms with Gasteiger partial charge < -0.3 is 20.4 Å². The van der Waals surface area contributed by atoms with E-state index >= 15 is 4.39 Å². The second kappa shape index (κ2) is 12.3. The van der Waals surface area contributed by atoms with Crippen molar-refractivity contribution in [1.82, 2.24) is 20.2 Å². The highest BCUT2D eigenvalue weighted by Crippen LogP contribution is 2.39. The molecule has 9 nitrogen and oxygen atoms in total. The molecule has 2 unspecified atom stereocenters. The number of nitrogens with one attached hydrogen (secondary N) is 2. The largest absolute Gasteiger partial charge is 0.393 e. The lowest BCUT2D eigenvalue weighted by Gasteiger charge is -2.44. The third kappa shape index (κ3) is 6.72. The van der Waals surface area contributed by atoms with Gasteiger partial charge in [-0.3, -0.25) is 14.5 Å². The number of likely N-dealkylation sites (N-methyl/N-ethyl adjacent to an activating group) is 1. The van der Waals surface area contributed by atoms with Gasteiger partial charge in [0.2, 0.25) is 17.8 Å². The van der Waals surface area contributed by atoms with Crippen LogP contribution in [0, 0.1) is 17.7 Å². The third-order valence-electron chi connectivity index (χ3n) is 8.66. The Morgan fingerprint density at radius 1 is 1.12 bits per heavy atom. The molecule has 14 heteroatoms. The van der Waals surface area contributed by atoms with Crippen LogP contribution in [0.15, 0.2) is 30.6 Å². The Morgan fingerprint density at radius 3 is 2.40 bits per heavy atom. The summed E-state index contributed by atoms with van der Waals surface area (Å²) in [6, 6.07) is 3.09. The van der Waals surface area contributed by atoms with Gasteiger partial charge in [-0.1, -0.05) is 17.7 Å². The summed E-state index contributed by atoms with van der Waals surface area (Å²) in [7, 11) is 2.00. The summed E-state index contributed by atoms with van der Waals surface area (Å²) in [5, 5.41) is 5.49. The Kier molecular flexibility index (Phi) is 8.85. The van der Waals surface area contributed by atoms with Gasteiger partial charge in [-0.15, -0.1) is 0 Å². The van der Waals surface area contributed by atoms with E-state index in [9.17, 15) is 22.8 Å². The zero-order valence-electron chi connectivity index (χ0n) is 24.1. The molecule has 0 aliphatic carbocycles. The van der Waals surface area contributed by atoms with Crippen LogP contribution in [-0.2, 0) is 9.59 Å². The van der Waals surface area contributed by atoms with Crippen molar-refractivity contribution in [3.63, 3.8) is 0 Å². The van der Waals surface area contributed by atoms with Gasteiger partial charge in [0, 0.05) is 56.8 Å². The normalized spacial score (nSPS) is 25.3. The minimum atomic E-state index is -4.73. The number of anilines is 3. The molecule has 2 amide bonds. The van der Waals surface area contributed by atoms with Crippen LogP contribution in [0.4, 0.5) is 34.9 Å². The van der Waals surface area contributed by atoms with E-state index < -0.39 is 48.6 Å². The molecule has 2 saturated heterocycles. The fourth-order valence-electron chi connectivity index (χ4n) is 5.96. The summed E-state index contributed by atoms with van der Waals surface area (Å²) < 4.78 is 57.3. The first-order valence-electron chi connectivity index (χ1n) is 14.2. The molecule has 0 bridgehead atoms. The number of piperazine rings is 1. The molecule has 0 saturated carbocycles. The van der Waals surface area contributed by atoms with Gasteiger partial charge in [-0.05, 0) is 45.0 Å². The molecular weight excluding hydrogens is 590 g/mol. The Bertz CT molecular complexity index is 1390. The first-order chi connectivity index (χ1) is 20.3. The number of piperidine rings is 1. The van der Waals surface area contributed by atoms with Crippen LogP contribution in [0.5, 0.6) is 0 Å². The Morgan fingerprint density at radius 2 is 1.79 bits per heavy atom. The lowest BCUT2D eigenvalue weighted by molar-refractivity contribution is -0.197. The first-order valence-corrected chi connectivity index (χ1v) is 14.6. The third-order valence-corrected chi connectivity index (χ3v) is 8.85. The Balaban J connectivity index is 1.47. The molecule has 3 aliphatic rings. The molecule has 0 radical (unpaired) electrons. The van der Waals surface area contributed by atoms with Gasteiger partial charge in [-0.25, -0.2) is 14.4 Å². The molecule has 2 N–H and O–H groups in total. The van der Waals surface area contributed by atoms with Crippen LogP contribution in [0.2, 0.25) is 5.02 Å². The molecule has 1 aromatic heterocycles. The SMILES string of the molecule is C[C@@H]1CN(c2cc(F)c(C3=CCN(c4ncc(Cl)cn4)CC3)cc2NC(=O)C2CNC(=O)CC2C(F)(F)F)C[C@H](C)N1C. The van der Waals surface area contributed by atoms with Gasteiger partial charge in [0.15, 0.2) is 0 Å². The second-order valence-electron chi connectivity index (χ2n) is 11.5.